The monoisotopic (exact) mass is 305 g/mol. The summed E-state index contributed by atoms with van der Waals surface area (Å²) < 4.78 is 5.30. The maximum atomic E-state index is 10.5. The largest absolute Gasteiger partial charge is 0.387 e. The van der Waals surface area contributed by atoms with Crippen LogP contribution in [0.25, 0.3) is 0 Å². The summed E-state index contributed by atoms with van der Waals surface area (Å²) in [6, 6.07) is 2.15. The van der Waals surface area contributed by atoms with Crippen LogP contribution in [0.3, 0.4) is 0 Å². The maximum absolute atomic E-state index is 10.5. The zero-order chi connectivity index (χ0) is 16.2. The normalized spacial score (nSPS) is 18.5. The summed E-state index contributed by atoms with van der Waals surface area (Å²) in [5.74, 6) is 0.424. The average Bonchev–Trinajstić information content (AvgIpc) is 2.49. The van der Waals surface area contributed by atoms with E-state index in [1.54, 1.807) is 6.92 Å². The van der Waals surface area contributed by atoms with Gasteiger partial charge < -0.3 is 15.2 Å². The van der Waals surface area contributed by atoms with Gasteiger partial charge in [0.05, 0.1) is 24.5 Å². The van der Waals surface area contributed by atoms with Gasteiger partial charge in [-0.05, 0) is 26.3 Å². The molecule has 1 unspecified atom stereocenters. The second-order valence-electron chi connectivity index (χ2n) is 5.98. The fourth-order valence-corrected chi connectivity index (χ4v) is 2.44. The van der Waals surface area contributed by atoms with Crippen molar-refractivity contribution in [3.05, 3.63) is 16.8 Å². The van der Waals surface area contributed by atoms with E-state index in [9.17, 15) is 10.4 Å². The number of nitriles is 1. The Kier molecular flexibility index (Phi) is 5.29. The highest BCUT2D eigenvalue weighted by atomic mass is 16.5. The minimum atomic E-state index is -0.926. The van der Waals surface area contributed by atoms with Gasteiger partial charge in [-0.15, -0.1) is 5.10 Å². The van der Waals surface area contributed by atoms with E-state index in [0.29, 0.717) is 37.7 Å². The number of nitrogens with zero attached hydrogens (tertiary/aromatic N) is 4. The molecule has 7 heteroatoms. The molecule has 0 amide bonds. The maximum Gasteiger partial charge on any atom is 0.167 e. The molecule has 120 valence electrons. The van der Waals surface area contributed by atoms with E-state index in [0.717, 1.165) is 24.3 Å². The summed E-state index contributed by atoms with van der Waals surface area (Å²) in [4.78, 5) is 2.17. The van der Waals surface area contributed by atoms with Crippen molar-refractivity contribution < 1.29 is 9.84 Å². The first-order valence-electron chi connectivity index (χ1n) is 7.43. The van der Waals surface area contributed by atoms with Crippen molar-refractivity contribution in [3.8, 4) is 6.07 Å². The van der Waals surface area contributed by atoms with Crippen LogP contribution in [0.4, 0.5) is 5.82 Å². The predicted octanol–water partition coefficient (Wildman–Crippen LogP) is 0.460. The first-order valence-corrected chi connectivity index (χ1v) is 7.43. The molecule has 2 heterocycles. The van der Waals surface area contributed by atoms with E-state index in [-0.39, 0.29) is 0 Å². The number of ether oxygens (including phenoxy) is 1. The van der Waals surface area contributed by atoms with E-state index in [1.165, 1.54) is 0 Å². The first-order chi connectivity index (χ1) is 10.4. The molecule has 1 aliphatic rings. The van der Waals surface area contributed by atoms with Crippen molar-refractivity contribution in [2.24, 2.45) is 0 Å². The van der Waals surface area contributed by atoms with E-state index < -0.39 is 5.60 Å². The summed E-state index contributed by atoms with van der Waals surface area (Å²) in [5, 5.41) is 30.9. The Morgan fingerprint density at radius 3 is 2.68 bits per heavy atom. The van der Waals surface area contributed by atoms with Crippen molar-refractivity contribution in [1.29, 1.82) is 5.26 Å². The Morgan fingerprint density at radius 2 is 2.05 bits per heavy atom. The van der Waals surface area contributed by atoms with Crippen molar-refractivity contribution in [2.45, 2.75) is 26.4 Å². The number of nitrogens with one attached hydrogen (secondary N) is 1. The molecule has 2 rings (SSSR count). The summed E-state index contributed by atoms with van der Waals surface area (Å²) in [6.45, 7) is 9.33. The minimum Gasteiger partial charge on any atom is -0.387 e. The molecule has 1 aromatic rings. The quantitative estimate of drug-likeness (QED) is 0.816. The van der Waals surface area contributed by atoms with Crippen molar-refractivity contribution >= 4 is 5.82 Å². The van der Waals surface area contributed by atoms with Gasteiger partial charge in [0.15, 0.2) is 5.82 Å². The number of β-amino-alcohol motifs (C(OH)–C–C–N with tert-alkyl or cyclic N) is 1. The third-order valence-electron chi connectivity index (χ3n) is 3.87. The van der Waals surface area contributed by atoms with Gasteiger partial charge in [0.1, 0.15) is 11.6 Å². The molecule has 0 aromatic carbocycles. The lowest BCUT2D eigenvalue weighted by Gasteiger charge is -2.34. The van der Waals surface area contributed by atoms with Gasteiger partial charge >= 0.3 is 0 Å². The standard InChI is InChI=1S/C15H23N5O2/c1-11-12(2)18-19-14(13(11)8-16)17-9-15(3,21)10-20-4-6-22-7-5-20/h21H,4-7,9-10H2,1-3H3,(H,17,19). The van der Waals surface area contributed by atoms with Crippen molar-refractivity contribution in [1.82, 2.24) is 15.1 Å². The lowest BCUT2D eigenvalue weighted by molar-refractivity contribution is -0.0164. The number of hydrogen-bond donors (Lipinski definition) is 2. The van der Waals surface area contributed by atoms with Crippen molar-refractivity contribution in [3.63, 3.8) is 0 Å². The molecule has 2 N–H and O–H groups in total. The molecule has 1 aliphatic heterocycles. The van der Waals surface area contributed by atoms with Crippen LogP contribution < -0.4 is 5.32 Å². The molecule has 0 saturated carbocycles. The molecule has 0 bridgehead atoms. The van der Waals surface area contributed by atoms with Gasteiger partial charge in [-0.3, -0.25) is 4.90 Å². The summed E-state index contributed by atoms with van der Waals surface area (Å²) in [7, 11) is 0. The number of anilines is 1. The van der Waals surface area contributed by atoms with Gasteiger partial charge in [-0.2, -0.15) is 10.4 Å². The van der Waals surface area contributed by atoms with Crippen LogP contribution in [0.1, 0.15) is 23.7 Å². The molecule has 0 radical (unpaired) electrons. The topological polar surface area (TPSA) is 94.3 Å². The third kappa shape index (κ3) is 4.13. The molecular formula is C15H23N5O2. The van der Waals surface area contributed by atoms with Crippen LogP contribution in [-0.2, 0) is 4.74 Å². The zero-order valence-electron chi connectivity index (χ0n) is 13.4. The Labute approximate surface area is 130 Å². The molecule has 1 fully saturated rings. The Balaban J connectivity index is 1.99. The van der Waals surface area contributed by atoms with E-state index >= 15 is 0 Å². The lowest BCUT2D eigenvalue weighted by Crippen LogP contribution is -2.49. The highest BCUT2D eigenvalue weighted by molar-refractivity contribution is 5.55. The molecule has 1 aromatic heterocycles. The molecule has 0 aliphatic carbocycles. The van der Waals surface area contributed by atoms with Gasteiger partial charge in [0.2, 0.25) is 0 Å². The number of aromatic nitrogens is 2. The zero-order valence-corrected chi connectivity index (χ0v) is 13.4. The van der Waals surface area contributed by atoms with E-state index in [4.69, 9.17) is 4.74 Å². The highest BCUT2D eigenvalue weighted by Crippen LogP contribution is 2.18. The number of aryl methyl sites for hydroxylation is 1. The van der Waals surface area contributed by atoms with E-state index in [1.807, 2.05) is 13.8 Å². The first kappa shape index (κ1) is 16.6. The minimum absolute atomic E-state index is 0.302. The second kappa shape index (κ2) is 7.01. The highest BCUT2D eigenvalue weighted by Gasteiger charge is 2.26. The van der Waals surface area contributed by atoms with E-state index in [2.05, 4.69) is 26.5 Å². The van der Waals surface area contributed by atoms with Gasteiger partial charge in [-0.1, -0.05) is 0 Å². The Morgan fingerprint density at radius 1 is 1.36 bits per heavy atom. The second-order valence-corrected chi connectivity index (χ2v) is 5.98. The van der Waals surface area contributed by atoms with Crippen LogP contribution in [-0.4, -0.2) is 65.2 Å². The van der Waals surface area contributed by atoms with Gasteiger partial charge in [0, 0.05) is 26.2 Å². The predicted molar refractivity (Wildman–Crippen MR) is 82.6 cm³/mol. The molecule has 0 spiro atoms. The average molecular weight is 305 g/mol. The third-order valence-corrected chi connectivity index (χ3v) is 3.87. The fourth-order valence-electron chi connectivity index (χ4n) is 2.44. The van der Waals surface area contributed by atoms with Gasteiger partial charge in [0.25, 0.3) is 0 Å². The number of hydrogen-bond acceptors (Lipinski definition) is 7. The molecule has 7 nitrogen and oxygen atoms in total. The molecular weight excluding hydrogens is 282 g/mol. The lowest BCUT2D eigenvalue weighted by atomic mass is 10.1. The molecule has 1 atom stereocenters. The smallest absolute Gasteiger partial charge is 0.167 e. The van der Waals surface area contributed by atoms with Crippen LogP contribution in [0.15, 0.2) is 0 Å². The van der Waals surface area contributed by atoms with Gasteiger partial charge in [-0.25, -0.2) is 0 Å². The van der Waals surface area contributed by atoms with Crippen LogP contribution in [0.2, 0.25) is 0 Å². The SMILES string of the molecule is Cc1nnc(NCC(C)(O)CN2CCOCC2)c(C#N)c1C. The van der Waals surface area contributed by atoms with Crippen LogP contribution in [0.5, 0.6) is 0 Å². The summed E-state index contributed by atoms with van der Waals surface area (Å²) in [5.41, 5.74) is 1.11. The molecule has 22 heavy (non-hydrogen) atoms. The number of aliphatic hydroxyl groups is 1. The Hall–Kier alpha value is -1.75. The van der Waals surface area contributed by atoms with Crippen molar-refractivity contribution in [2.75, 3.05) is 44.7 Å². The van der Waals surface area contributed by atoms with Crippen LogP contribution >= 0.6 is 0 Å². The fraction of sp³-hybridized carbons (Fsp3) is 0.667. The summed E-state index contributed by atoms with van der Waals surface area (Å²) >= 11 is 0. The Bertz CT molecular complexity index is 562. The molecule has 1 saturated heterocycles. The number of morpholine rings is 1. The van der Waals surface area contributed by atoms with Crippen LogP contribution in [0, 0.1) is 25.2 Å². The summed E-state index contributed by atoms with van der Waals surface area (Å²) in [6.07, 6.45) is 0. The number of rotatable bonds is 5.